The van der Waals surface area contributed by atoms with E-state index >= 15 is 0 Å². The minimum absolute atomic E-state index is 0.0190. The predicted molar refractivity (Wildman–Crippen MR) is 82.9 cm³/mol. The highest BCUT2D eigenvalue weighted by Gasteiger charge is 2.28. The van der Waals surface area contributed by atoms with Gasteiger partial charge in [0.25, 0.3) is 5.69 Å². The molecule has 0 bridgehead atoms. The van der Waals surface area contributed by atoms with Gasteiger partial charge in [-0.3, -0.25) is 10.1 Å². The lowest BCUT2D eigenvalue weighted by Crippen LogP contribution is -2.28. The third kappa shape index (κ3) is 2.86. The second-order valence-electron chi connectivity index (χ2n) is 6.59. The SMILES string of the molecule is CC1(C)CCC(Oc2ncnc3c([N+](=O)[O-])cccc23)CC1. The van der Waals surface area contributed by atoms with E-state index < -0.39 is 4.92 Å². The summed E-state index contributed by atoms with van der Waals surface area (Å²) in [5, 5.41) is 11.7. The van der Waals surface area contributed by atoms with E-state index in [0.29, 0.717) is 22.2 Å². The summed E-state index contributed by atoms with van der Waals surface area (Å²) in [7, 11) is 0. The molecule has 1 saturated carbocycles. The van der Waals surface area contributed by atoms with Crippen molar-refractivity contribution in [3.8, 4) is 5.88 Å². The standard InChI is InChI=1S/C16H19N3O3/c1-16(2)8-6-11(7-9-16)22-15-12-4-3-5-13(19(20)21)14(12)17-10-18-15/h3-5,10-11H,6-9H2,1-2H3. The summed E-state index contributed by atoms with van der Waals surface area (Å²) >= 11 is 0. The number of benzene rings is 1. The van der Waals surface area contributed by atoms with Gasteiger partial charge in [0.05, 0.1) is 10.3 Å². The van der Waals surface area contributed by atoms with E-state index in [4.69, 9.17) is 4.74 Å². The Bertz CT molecular complexity index is 705. The van der Waals surface area contributed by atoms with E-state index in [2.05, 4.69) is 23.8 Å². The first kappa shape index (κ1) is 14.7. The molecule has 1 heterocycles. The second kappa shape index (κ2) is 5.51. The van der Waals surface area contributed by atoms with Crippen LogP contribution in [0.2, 0.25) is 0 Å². The summed E-state index contributed by atoms with van der Waals surface area (Å²) in [6.07, 6.45) is 5.63. The first-order valence-corrected chi connectivity index (χ1v) is 7.51. The van der Waals surface area contributed by atoms with Gasteiger partial charge < -0.3 is 4.74 Å². The smallest absolute Gasteiger partial charge is 0.295 e. The molecule has 0 unspecified atom stereocenters. The van der Waals surface area contributed by atoms with Gasteiger partial charge >= 0.3 is 0 Å². The minimum atomic E-state index is -0.428. The number of ether oxygens (including phenoxy) is 1. The number of para-hydroxylation sites is 1. The molecular formula is C16H19N3O3. The summed E-state index contributed by atoms with van der Waals surface area (Å²) in [4.78, 5) is 18.9. The average molecular weight is 301 g/mol. The average Bonchev–Trinajstić information content (AvgIpc) is 2.49. The number of nitro groups is 1. The van der Waals surface area contributed by atoms with Gasteiger partial charge in [-0.15, -0.1) is 0 Å². The Morgan fingerprint density at radius 1 is 1.27 bits per heavy atom. The fourth-order valence-corrected chi connectivity index (χ4v) is 2.94. The van der Waals surface area contributed by atoms with Gasteiger partial charge in [-0.2, -0.15) is 0 Å². The summed E-state index contributed by atoms with van der Waals surface area (Å²) < 4.78 is 6.02. The zero-order chi connectivity index (χ0) is 15.7. The van der Waals surface area contributed by atoms with Gasteiger partial charge in [-0.1, -0.05) is 19.9 Å². The summed E-state index contributed by atoms with van der Waals surface area (Å²) in [5.41, 5.74) is 0.676. The van der Waals surface area contributed by atoms with Crippen molar-refractivity contribution < 1.29 is 9.66 Å². The molecule has 3 rings (SSSR count). The first-order valence-electron chi connectivity index (χ1n) is 7.51. The summed E-state index contributed by atoms with van der Waals surface area (Å²) in [6, 6.07) is 4.85. The van der Waals surface area contributed by atoms with Gasteiger partial charge in [-0.05, 0) is 37.2 Å². The monoisotopic (exact) mass is 301 g/mol. The van der Waals surface area contributed by atoms with Gasteiger partial charge in [0.1, 0.15) is 12.4 Å². The van der Waals surface area contributed by atoms with Crippen molar-refractivity contribution in [3.05, 3.63) is 34.6 Å². The fourth-order valence-electron chi connectivity index (χ4n) is 2.94. The molecule has 0 spiro atoms. The topological polar surface area (TPSA) is 78.2 Å². The van der Waals surface area contributed by atoms with Crippen LogP contribution in [0.1, 0.15) is 39.5 Å². The van der Waals surface area contributed by atoms with Crippen LogP contribution in [0.15, 0.2) is 24.5 Å². The Labute approximate surface area is 128 Å². The molecular weight excluding hydrogens is 282 g/mol. The van der Waals surface area contributed by atoms with Crippen molar-refractivity contribution >= 4 is 16.6 Å². The second-order valence-corrected chi connectivity index (χ2v) is 6.59. The van der Waals surface area contributed by atoms with E-state index in [1.165, 1.54) is 12.4 Å². The minimum Gasteiger partial charge on any atom is -0.474 e. The molecule has 0 N–H and O–H groups in total. The molecule has 2 aromatic rings. The van der Waals surface area contributed by atoms with E-state index in [1.807, 2.05) is 0 Å². The molecule has 0 aliphatic heterocycles. The van der Waals surface area contributed by atoms with Gasteiger partial charge in [0, 0.05) is 6.07 Å². The van der Waals surface area contributed by atoms with Crippen molar-refractivity contribution in [1.29, 1.82) is 0 Å². The molecule has 1 aliphatic rings. The van der Waals surface area contributed by atoms with Crippen LogP contribution in [0.3, 0.4) is 0 Å². The van der Waals surface area contributed by atoms with Crippen LogP contribution in [0.25, 0.3) is 10.9 Å². The first-order chi connectivity index (χ1) is 10.5. The van der Waals surface area contributed by atoms with E-state index in [0.717, 1.165) is 25.7 Å². The van der Waals surface area contributed by atoms with Crippen LogP contribution in [-0.2, 0) is 0 Å². The Morgan fingerprint density at radius 3 is 2.68 bits per heavy atom. The number of hydrogen-bond donors (Lipinski definition) is 0. The zero-order valence-electron chi connectivity index (χ0n) is 12.8. The van der Waals surface area contributed by atoms with E-state index in [9.17, 15) is 10.1 Å². The van der Waals surface area contributed by atoms with Crippen LogP contribution in [0.5, 0.6) is 5.88 Å². The largest absolute Gasteiger partial charge is 0.474 e. The molecule has 1 fully saturated rings. The summed E-state index contributed by atoms with van der Waals surface area (Å²) in [6.45, 7) is 4.54. The Kier molecular flexibility index (Phi) is 3.68. The lowest BCUT2D eigenvalue weighted by atomic mass is 9.76. The molecule has 0 amide bonds. The molecule has 6 nitrogen and oxygen atoms in total. The Morgan fingerprint density at radius 2 is 2.00 bits per heavy atom. The maximum absolute atomic E-state index is 11.1. The van der Waals surface area contributed by atoms with E-state index in [1.54, 1.807) is 12.1 Å². The Hall–Kier alpha value is -2.24. The lowest BCUT2D eigenvalue weighted by Gasteiger charge is -2.34. The van der Waals surface area contributed by atoms with Gasteiger partial charge in [0.2, 0.25) is 5.88 Å². The number of aromatic nitrogens is 2. The number of fused-ring (bicyclic) bond motifs is 1. The number of hydrogen-bond acceptors (Lipinski definition) is 5. The third-order valence-corrected chi connectivity index (χ3v) is 4.37. The normalized spacial score (nSPS) is 18.3. The van der Waals surface area contributed by atoms with Crippen molar-refractivity contribution in [2.24, 2.45) is 5.41 Å². The molecule has 1 aliphatic carbocycles. The van der Waals surface area contributed by atoms with Crippen LogP contribution in [-0.4, -0.2) is 21.0 Å². The Balaban J connectivity index is 1.89. The van der Waals surface area contributed by atoms with Gasteiger partial charge in [-0.25, -0.2) is 9.97 Å². The van der Waals surface area contributed by atoms with Crippen LogP contribution < -0.4 is 4.74 Å². The van der Waals surface area contributed by atoms with Crippen LogP contribution in [0.4, 0.5) is 5.69 Å². The van der Waals surface area contributed by atoms with Crippen molar-refractivity contribution in [2.75, 3.05) is 0 Å². The van der Waals surface area contributed by atoms with E-state index in [-0.39, 0.29) is 11.8 Å². The maximum Gasteiger partial charge on any atom is 0.295 e. The molecule has 22 heavy (non-hydrogen) atoms. The number of non-ortho nitro benzene ring substituents is 1. The number of rotatable bonds is 3. The van der Waals surface area contributed by atoms with Crippen molar-refractivity contribution in [3.63, 3.8) is 0 Å². The quantitative estimate of drug-likeness (QED) is 0.635. The fraction of sp³-hybridized carbons (Fsp3) is 0.500. The van der Waals surface area contributed by atoms with Crippen LogP contribution in [0, 0.1) is 15.5 Å². The molecule has 6 heteroatoms. The highest BCUT2D eigenvalue weighted by Crippen LogP contribution is 2.37. The molecule has 0 saturated heterocycles. The highest BCUT2D eigenvalue weighted by molar-refractivity contribution is 5.90. The lowest BCUT2D eigenvalue weighted by molar-refractivity contribution is -0.383. The zero-order valence-corrected chi connectivity index (χ0v) is 12.8. The molecule has 1 aromatic heterocycles. The molecule has 116 valence electrons. The summed E-state index contributed by atoms with van der Waals surface area (Å²) in [5.74, 6) is 0.443. The molecule has 0 atom stereocenters. The van der Waals surface area contributed by atoms with Crippen molar-refractivity contribution in [1.82, 2.24) is 9.97 Å². The van der Waals surface area contributed by atoms with Crippen LogP contribution >= 0.6 is 0 Å². The predicted octanol–water partition coefficient (Wildman–Crippen LogP) is 3.89. The third-order valence-electron chi connectivity index (χ3n) is 4.37. The molecule has 1 aromatic carbocycles. The van der Waals surface area contributed by atoms with Gasteiger partial charge in [0.15, 0.2) is 5.52 Å². The molecule has 0 radical (unpaired) electrons. The maximum atomic E-state index is 11.1. The number of nitrogens with zero attached hydrogens (tertiary/aromatic N) is 3. The number of nitro benzene ring substituents is 1. The highest BCUT2D eigenvalue weighted by atomic mass is 16.6. The van der Waals surface area contributed by atoms with Crippen molar-refractivity contribution in [2.45, 2.75) is 45.6 Å².